The van der Waals surface area contributed by atoms with Crippen LogP contribution in [-0.4, -0.2) is 104 Å². The molecule has 9 nitrogen and oxygen atoms in total. The fourth-order valence-electron chi connectivity index (χ4n) is 3.76. The van der Waals surface area contributed by atoms with Gasteiger partial charge in [-0.2, -0.15) is 0 Å². The molecule has 0 aromatic heterocycles. The highest BCUT2D eigenvalue weighted by atomic mass is 16.6. The molecule has 0 spiro atoms. The Morgan fingerprint density at radius 2 is 1.73 bits per heavy atom. The van der Waals surface area contributed by atoms with Crippen molar-refractivity contribution in [3.05, 3.63) is 0 Å². The first-order valence-electron chi connectivity index (χ1n) is 10.9. The van der Waals surface area contributed by atoms with Gasteiger partial charge in [-0.25, -0.2) is 4.79 Å². The molecule has 1 unspecified atom stereocenters. The number of likely N-dealkylation sites (tertiary alicyclic amines) is 1. The van der Waals surface area contributed by atoms with Crippen LogP contribution in [0.15, 0.2) is 0 Å². The van der Waals surface area contributed by atoms with E-state index in [1.165, 1.54) is 0 Å². The van der Waals surface area contributed by atoms with E-state index in [0.29, 0.717) is 59.0 Å². The summed E-state index contributed by atoms with van der Waals surface area (Å²) >= 11 is 0. The van der Waals surface area contributed by atoms with Crippen molar-refractivity contribution >= 4 is 17.9 Å². The third kappa shape index (κ3) is 8.10. The summed E-state index contributed by atoms with van der Waals surface area (Å²) in [6, 6.07) is 0. The Morgan fingerprint density at radius 1 is 1.03 bits per heavy atom. The average molecular weight is 427 g/mol. The number of piperazine rings is 1. The Hall–Kier alpha value is -1.87. The van der Waals surface area contributed by atoms with Crippen LogP contribution < -0.4 is 5.32 Å². The number of carbonyl (C=O) groups excluding carboxylic acids is 3. The second-order valence-corrected chi connectivity index (χ2v) is 9.06. The highest BCUT2D eigenvalue weighted by molar-refractivity contribution is 5.80. The summed E-state index contributed by atoms with van der Waals surface area (Å²) in [4.78, 5) is 42.9. The zero-order valence-electron chi connectivity index (χ0n) is 18.9. The normalized spacial score (nSPS) is 20.7. The van der Waals surface area contributed by atoms with Crippen LogP contribution in [0.5, 0.6) is 0 Å². The lowest BCUT2D eigenvalue weighted by Gasteiger charge is -2.39. The topological polar surface area (TPSA) is 91.4 Å². The van der Waals surface area contributed by atoms with Gasteiger partial charge >= 0.3 is 6.09 Å². The fraction of sp³-hybridized carbons (Fsp3) is 0.857. The summed E-state index contributed by atoms with van der Waals surface area (Å²) in [5, 5.41) is 2.89. The molecule has 0 aromatic carbocycles. The Kier molecular flexibility index (Phi) is 9.36. The number of hydrogen-bond acceptors (Lipinski definition) is 6. The average Bonchev–Trinajstić information content (AvgIpc) is 2.70. The van der Waals surface area contributed by atoms with E-state index >= 15 is 0 Å². The smallest absolute Gasteiger partial charge is 0.410 e. The van der Waals surface area contributed by atoms with Gasteiger partial charge < -0.3 is 24.6 Å². The number of rotatable bonds is 7. The van der Waals surface area contributed by atoms with E-state index in [4.69, 9.17) is 9.47 Å². The van der Waals surface area contributed by atoms with Gasteiger partial charge in [0.25, 0.3) is 0 Å². The quantitative estimate of drug-likeness (QED) is 0.609. The van der Waals surface area contributed by atoms with E-state index in [9.17, 15) is 14.4 Å². The molecule has 9 heteroatoms. The molecule has 30 heavy (non-hydrogen) atoms. The number of nitrogens with one attached hydrogen (secondary N) is 1. The lowest BCUT2D eigenvalue weighted by molar-refractivity contribution is -0.139. The van der Waals surface area contributed by atoms with Crippen LogP contribution in [0, 0.1) is 5.92 Å². The van der Waals surface area contributed by atoms with Gasteiger partial charge in [-0.15, -0.1) is 0 Å². The van der Waals surface area contributed by atoms with Gasteiger partial charge in [-0.1, -0.05) is 0 Å². The molecular weight excluding hydrogens is 388 g/mol. The lowest BCUT2D eigenvalue weighted by atomic mass is 9.96. The molecule has 172 valence electrons. The van der Waals surface area contributed by atoms with E-state index in [1.807, 2.05) is 25.7 Å². The monoisotopic (exact) mass is 426 g/mol. The van der Waals surface area contributed by atoms with Crippen LogP contribution in [0.25, 0.3) is 0 Å². The van der Waals surface area contributed by atoms with E-state index in [2.05, 4.69) is 10.2 Å². The summed E-state index contributed by atoms with van der Waals surface area (Å²) in [5.74, 6) is -0.0695. The third-order valence-corrected chi connectivity index (χ3v) is 5.32. The fourth-order valence-corrected chi connectivity index (χ4v) is 3.76. The number of methoxy groups -OCH3 is 1. The maximum atomic E-state index is 13.0. The molecule has 0 aromatic rings. The van der Waals surface area contributed by atoms with E-state index < -0.39 is 5.60 Å². The van der Waals surface area contributed by atoms with E-state index in [1.54, 1.807) is 12.0 Å². The molecule has 2 aliphatic rings. The summed E-state index contributed by atoms with van der Waals surface area (Å²) in [7, 11) is 1.64. The van der Waals surface area contributed by atoms with Crippen LogP contribution >= 0.6 is 0 Å². The van der Waals surface area contributed by atoms with Crippen molar-refractivity contribution in [3.63, 3.8) is 0 Å². The highest BCUT2D eigenvalue weighted by Crippen LogP contribution is 2.22. The zero-order chi connectivity index (χ0) is 22.1. The second kappa shape index (κ2) is 11.5. The van der Waals surface area contributed by atoms with Gasteiger partial charge in [0.05, 0.1) is 12.5 Å². The minimum absolute atomic E-state index is 0.00571. The minimum atomic E-state index is -0.541. The Morgan fingerprint density at radius 3 is 2.37 bits per heavy atom. The molecule has 2 saturated heterocycles. The molecule has 0 radical (unpaired) electrons. The number of carbonyl (C=O) groups is 3. The molecule has 0 bridgehead atoms. The Balaban J connectivity index is 1.74. The van der Waals surface area contributed by atoms with Gasteiger partial charge in [0, 0.05) is 59.5 Å². The van der Waals surface area contributed by atoms with Crippen molar-refractivity contribution in [1.29, 1.82) is 0 Å². The number of ether oxygens (including phenoxy) is 2. The van der Waals surface area contributed by atoms with Crippen molar-refractivity contribution < 1.29 is 23.9 Å². The van der Waals surface area contributed by atoms with Crippen molar-refractivity contribution in [3.8, 4) is 0 Å². The van der Waals surface area contributed by atoms with E-state index in [-0.39, 0.29) is 23.8 Å². The number of piperidine rings is 1. The molecule has 2 rings (SSSR count). The molecule has 3 amide bonds. The van der Waals surface area contributed by atoms with Gasteiger partial charge in [-0.3, -0.25) is 14.5 Å². The largest absolute Gasteiger partial charge is 0.444 e. The molecule has 1 atom stereocenters. The molecule has 2 aliphatic heterocycles. The van der Waals surface area contributed by atoms with Gasteiger partial charge in [0.2, 0.25) is 11.8 Å². The first-order chi connectivity index (χ1) is 14.2. The maximum Gasteiger partial charge on any atom is 0.410 e. The predicted molar refractivity (Wildman–Crippen MR) is 113 cm³/mol. The summed E-state index contributed by atoms with van der Waals surface area (Å²) in [6.07, 6.45) is 2.05. The third-order valence-electron chi connectivity index (χ3n) is 5.32. The summed E-state index contributed by atoms with van der Waals surface area (Å²) in [5.41, 5.74) is -0.541. The second-order valence-electron chi connectivity index (χ2n) is 9.06. The van der Waals surface area contributed by atoms with Crippen molar-refractivity contribution in [2.75, 3.05) is 66.1 Å². The van der Waals surface area contributed by atoms with Crippen LogP contribution in [0.4, 0.5) is 4.79 Å². The van der Waals surface area contributed by atoms with Crippen LogP contribution in [0.1, 0.15) is 40.0 Å². The van der Waals surface area contributed by atoms with Crippen LogP contribution in [-0.2, 0) is 19.1 Å². The first-order valence-corrected chi connectivity index (χ1v) is 10.9. The summed E-state index contributed by atoms with van der Waals surface area (Å²) in [6.45, 7) is 10.8. The predicted octanol–water partition coefficient (Wildman–Crippen LogP) is 0.930. The van der Waals surface area contributed by atoms with Crippen LogP contribution in [0.3, 0.4) is 0 Å². The maximum absolute atomic E-state index is 13.0. The van der Waals surface area contributed by atoms with Crippen molar-refractivity contribution in [1.82, 2.24) is 20.0 Å². The molecule has 2 heterocycles. The Labute approximate surface area is 180 Å². The molecule has 2 fully saturated rings. The standard InChI is InChI=1S/C21H38N4O5/c1-21(2,3)30-20(28)25-9-5-7-17(15-25)19(27)24-12-10-23(11-13-24)16-18(26)22-8-6-14-29-4/h17H,5-16H2,1-4H3,(H,22,26). The first kappa shape index (κ1) is 24.4. The lowest BCUT2D eigenvalue weighted by Crippen LogP contribution is -2.54. The van der Waals surface area contributed by atoms with E-state index in [0.717, 1.165) is 19.3 Å². The van der Waals surface area contributed by atoms with Gasteiger partial charge in [-0.05, 0) is 40.0 Å². The zero-order valence-corrected chi connectivity index (χ0v) is 18.9. The highest BCUT2D eigenvalue weighted by Gasteiger charge is 2.34. The van der Waals surface area contributed by atoms with Crippen molar-refractivity contribution in [2.24, 2.45) is 5.92 Å². The SMILES string of the molecule is COCCCNC(=O)CN1CCN(C(=O)C2CCCN(C(=O)OC(C)(C)C)C2)CC1. The molecule has 0 aliphatic carbocycles. The Bertz CT molecular complexity index is 584. The minimum Gasteiger partial charge on any atom is -0.444 e. The summed E-state index contributed by atoms with van der Waals surface area (Å²) < 4.78 is 10.4. The van der Waals surface area contributed by atoms with Crippen LogP contribution in [0.2, 0.25) is 0 Å². The number of hydrogen-bond donors (Lipinski definition) is 1. The van der Waals surface area contributed by atoms with Gasteiger partial charge in [0.1, 0.15) is 5.60 Å². The number of amides is 3. The van der Waals surface area contributed by atoms with Crippen molar-refractivity contribution in [2.45, 2.75) is 45.6 Å². The molecule has 0 saturated carbocycles. The van der Waals surface area contributed by atoms with Gasteiger partial charge in [0.15, 0.2) is 0 Å². The molecule has 1 N–H and O–H groups in total. The number of nitrogens with zero attached hydrogens (tertiary/aromatic N) is 3. The molecular formula is C21H38N4O5.